The van der Waals surface area contributed by atoms with E-state index in [1.165, 1.54) is 5.56 Å². The fourth-order valence-corrected chi connectivity index (χ4v) is 2.09. The molecule has 0 saturated carbocycles. The Labute approximate surface area is 104 Å². The quantitative estimate of drug-likeness (QED) is 0.761. The van der Waals surface area contributed by atoms with Gasteiger partial charge in [-0.25, -0.2) is 4.21 Å². The molecule has 0 amide bonds. The van der Waals surface area contributed by atoms with Crippen LogP contribution in [-0.4, -0.2) is 10.4 Å². The maximum Gasteiger partial charge on any atom is 0.172 e. The monoisotopic (exact) mass is 243 g/mol. The molecule has 0 aliphatic carbocycles. The third kappa shape index (κ3) is 3.36. The summed E-state index contributed by atoms with van der Waals surface area (Å²) in [4.78, 5) is 0.718. The van der Waals surface area contributed by atoms with Crippen molar-refractivity contribution in [1.29, 1.82) is 0 Å². The Bertz CT molecular complexity index is 532. The van der Waals surface area contributed by atoms with E-state index in [2.05, 4.69) is 4.40 Å². The Hall–Kier alpha value is -1.74. The highest BCUT2D eigenvalue weighted by Crippen LogP contribution is 2.07. The van der Waals surface area contributed by atoms with Crippen molar-refractivity contribution in [2.75, 3.05) is 0 Å². The fourth-order valence-electron chi connectivity index (χ4n) is 1.36. The topological polar surface area (TPSA) is 29.4 Å². The summed E-state index contributed by atoms with van der Waals surface area (Å²) in [5, 5.41) is 0. The SMILES string of the molecule is Cc1ccc(/C=N/S(=O)c2ccccc2)cc1. The minimum Gasteiger partial charge on any atom is -0.229 e. The lowest BCUT2D eigenvalue weighted by atomic mass is 10.2. The van der Waals surface area contributed by atoms with Crippen molar-refractivity contribution in [3.63, 3.8) is 0 Å². The van der Waals surface area contributed by atoms with E-state index in [0.29, 0.717) is 0 Å². The third-order valence-corrected chi connectivity index (χ3v) is 3.29. The van der Waals surface area contributed by atoms with E-state index in [9.17, 15) is 4.21 Å². The van der Waals surface area contributed by atoms with Crippen LogP contribution in [0.3, 0.4) is 0 Å². The van der Waals surface area contributed by atoms with Gasteiger partial charge in [-0.15, -0.1) is 0 Å². The molecule has 0 aliphatic heterocycles. The van der Waals surface area contributed by atoms with Gasteiger partial charge in [0.1, 0.15) is 0 Å². The van der Waals surface area contributed by atoms with Crippen molar-refractivity contribution in [3.8, 4) is 0 Å². The summed E-state index contributed by atoms with van der Waals surface area (Å²) >= 11 is 0. The first-order valence-corrected chi connectivity index (χ1v) is 6.44. The summed E-state index contributed by atoms with van der Waals surface area (Å²) in [6.07, 6.45) is 1.64. The molecular weight excluding hydrogens is 230 g/mol. The molecule has 0 bridgehead atoms. The van der Waals surface area contributed by atoms with E-state index >= 15 is 0 Å². The molecule has 3 heteroatoms. The van der Waals surface area contributed by atoms with E-state index in [0.717, 1.165) is 10.5 Å². The van der Waals surface area contributed by atoms with Gasteiger partial charge in [-0.1, -0.05) is 48.0 Å². The van der Waals surface area contributed by atoms with Gasteiger partial charge in [0.2, 0.25) is 0 Å². The van der Waals surface area contributed by atoms with Crippen LogP contribution in [-0.2, 0) is 11.0 Å². The Kier molecular flexibility index (Phi) is 3.83. The number of nitrogens with zero attached hydrogens (tertiary/aromatic N) is 1. The predicted molar refractivity (Wildman–Crippen MR) is 71.6 cm³/mol. The summed E-state index contributed by atoms with van der Waals surface area (Å²) in [6.45, 7) is 2.03. The summed E-state index contributed by atoms with van der Waals surface area (Å²) in [5.41, 5.74) is 2.16. The molecule has 0 saturated heterocycles. The molecule has 0 N–H and O–H groups in total. The molecule has 0 aromatic heterocycles. The standard InChI is InChI=1S/C14H13NOS/c1-12-7-9-13(10-8-12)11-15-17(16)14-5-3-2-4-6-14/h2-11H,1H3/b15-11+. The predicted octanol–water partition coefficient (Wildman–Crippen LogP) is 3.14. The molecule has 2 aromatic rings. The van der Waals surface area contributed by atoms with Crippen molar-refractivity contribution < 1.29 is 4.21 Å². The highest BCUT2D eigenvalue weighted by molar-refractivity contribution is 7.83. The van der Waals surface area contributed by atoms with Gasteiger partial charge in [-0.3, -0.25) is 0 Å². The van der Waals surface area contributed by atoms with Gasteiger partial charge in [-0.2, -0.15) is 4.40 Å². The second-order valence-corrected chi connectivity index (χ2v) is 4.89. The maximum absolute atomic E-state index is 11.8. The Morgan fingerprint density at radius 3 is 2.29 bits per heavy atom. The zero-order chi connectivity index (χ0) is 12.1. The van der Waals surface area contributed by atoms with Crippen LogP contribution in [0.25, 0.3) is 0 Å². The lowest BCUT2D eigenvalue weighted by Crippen LogP contribution is -1.88. The minimum absolute atomic E-state index is 0.718. The third-order valence-electron chi connectivity index (χ3n) is 2.32. The van der Waals surface area contributed by atoms with Crippen LogP contribution in [0, 0.1) is 6.92 Å². The fraction of sp³-hybridized carbons (Fsp3) is 0.0714. The van der Waals surface area contributed by atoms with Gasteiger partial charge < -0.3 is 0 Å². The van der Waals surface area contributed by atoms with Crippen LogP contribution in [0.5, 0.6) is 0 Å². The van der Waals surface area contributed by atoms with Gasteiger partial charge in [0.15, 0.2) is 11.0 Å². The molecule has 0 fully saturated rings. The summed E-state index contributed by atoms with van der Waals surface area (Å²) in [7, 11) is -1.32. The van der Waals surface area contributed by atoms with E-state index < -0.39 is 11.0 Å². The molecular formula is C14H13NOS. The van der Waals surface area contributed by atoms with E-state index in [1.807, 2.05) is 61.5 Å². The number of aryl methyl sites for hydroxylation is 1. The van der Waals surface area contributed by atoms with Gasteiger partial charge in [0, 0.05) is 6.21 Å². The highest BCUT2D eigenvalue weighted by atomic mass is 32.2. The number of rotatable bonds is 3. The summed E-state index contributed by atoms with van der Waals surface area (Å²) < 4.78 is 15.8. The number of hydrogen-bond acceptors (Lipinski definition) is 1. The van der Waals surface area contributed by atoms with Gasteiger partial charge in [-0.05, 0) is 24.6 Å². The first-order valence-electron chi connectivity index (χ1n) is 5.33. The molecule has 0 aliphatic rings. The Morgan fingerprint density at radius 2 is 1.65 bits per heavy atom. The molecule has 1 unspecified atom stereocenters. The van der Waals surface area contributed by atoms with Crippen LogP contribution >= 0.6 is 0 Å². The molecule has 0 spiro atoms. The maximum atomic E-state index is 11.8. The molecule has 1 atom stereocenters. The van der Waals surface area contributed by atoms with E-state index in [-0.39, 0.29) is 0 Å². The van der Waals surface area contributed by atoms with Crippen LogP contribution < -0.4 is 0 Å². The smallest absolute Gasteiger partial charge is 0.172 e. The largest absolute Gasteiger partial charge is 0.229 e. The molecule has 2 nitrogen and oxygen atoms in total. The van der Waals surface area contributed by atoms with Crippen LogP contribution in [0.2, 0.25) is 0 Å². The summed E-state index contributed by atoms with van der Waals surface area (Å²) in [6, 6.07) is 17.2. The van der Waals surface area contributed by atoms with E-state index in [1.54, 1.807) is 6.21 Å². The first kappa shape index (κ1) is 11.7. The molecule has 0 radical (unpaired) electrons. The lowest BCUT2D eigenvalue weighted by Gasteiger charge is -1.96. The van der Waals surface area contributed by atoms with Crippen molar-refractivity contribution in [2.24, 2.45) is 4.40 Å². The average molecular weight is 243 g/mol. The number of hydrogen-bond donors (Lipinski definition) is 0. The Balaban J connectivity index is 2.11. The zero-order valence-electron chi connectivity index (χ0n) is 9.54. The van der Waals surface area contributed by atoms with Crippen molar-refractivity contribution in [3.05, 3.63) is 65.7 Å². The molecule has 0 heterocycles. The van der Waals surface area contributed by atoms with Gasteiger partial charge in [0.25, 0.3) is 0 Å². The first-order chi connectivity index (χ1) is 8.25. The van der Waals surface area contributed by atoms with Crippen LogP contribution in [0.4, 0.5) is 0 Å². The van der Waals surface area contributed by atoms with Crippen LogP contribution in [0.15, 0.2) is 63.9 Å². The van der Waals surface area contributed by atoms with Gasteiger partial charge >= 0.3 is 0 Å². The second kappa shape index (κ2) is 5.55. The van der Waals surface area contributed by atoms with Gasteiger partial charge in [0.05, 0.1) is 4.90 Å². The number of benzene rings is 2. The van der Waals surface area contributed by atoms with Crippen molar-refractivity contribution in [2.45, 2.75) is 11.8 Å². The molecule has 86 valence electrons. The van der Waals surface area contributed by atoms with Crippen molar-refractivity contribution >= 4 is 17.2 Å². The molecule has 2 rings (SSSR count). The molecule has 17 heavy (non-hydrogen) atoms. The van der Waals surface area contributed by atoms with Crippen molar-refractivity contribution in [1.82, 2.24) is 0 Å². The van der Waals surface area contributed by atoms with Crippen LogP contribution in [0.1, 0.15) is 11.1 Å². The second-order valence-electron chi connectivity index (χ2n) is 3.71. The zero-order valence-corrected chi connectivity index (χ0v) is 10.4. The minimum atomic E-state index is -1.32. The highest BCUT2D eigenvalue weighted by Gasteiger charge is 1.98. The molecule has 2 aromatic carbocycles. The Morgan fingerprint density at radius 1 is 1.00 bits per heavy atom. The normalized spacial score (nSPS) is 12.8. The summed E-state index contributed by atoms with van der Waals surface area (Å²) in [5.74, 6) is 0. The van der Waals surface area contributed by atoms with E-state index in [4.69, 9.17) is 0 Å². The lowest BCUT2D eigenvalue weighted by molar-refractivity contribution is 0.684. The average Bonchev–Trinajstić information content (AvgIpc) is 2.39.